The fraction of sp³-hybridized carbons (Fsp3) is 0.438. The van der Waals surface area contributed by atoms with Crippen molar-refractivity contribution < 1.29 is 9.90 Å². The van der Waals surface area contributed by atoms with Gasteiger partial charge in [0.25, 0.3) is 5.91 Å². The molecule has 0 radical (unpaired) electrons. The Balaban J connectivity index is 1.67. The maximum atomic E-state index is 12.5. The number of carbonyl (C=O) groups is 1. The molecule has 0 atom stereocenters. The van der Waals surface area contributed by atoms with Crippen molar-refractivity contribution in [2.24, 2.45) is 0 Å². The Hall–Kier alpha value is -2.25. The van der Waals surface area contributed by atoms with Gasteiger partial charge in [0.2, 0.25) is 0 Å². The van der Waals surface area contributed by atoms with Gasteiger partial charge in [0.1, 0.15) is 0 Å². The fourth-order valence-corrected chi connectivity index (χ4v) is 2.74. The number of hydrogen-bond donors (Lipinski definition) is 1. The van der Waals surface area contributed by atoms with E-state index in [1.807, 2.05) is 31.2 Å². The number of aliphatic hydroxyl groups is 1. The van der Waals surface area contributed by atoms with Gasteiger partial charge >= 0.3 is 0 Å². The molecule has 1 fully saturated rings. The van der Waals surface area contributed by atoms with Gasteiger partial charge in [-0.25, -0.2) is 4.68 Å². The van der Waals surface area contributed by atoms with E-state index < -0.39 is 0 Å². The molecule has 0 bridgehead atoms. The summed E-state index contributed by atoms with van der Waals surface area (Å²) < 4.78 is 1.63. The molecule has 0 saturated carbocycles. The Morgan fingerprint density at radius 2 is 2.04 bits per heavy atom. The maximum Gasteiger partial charge on any atom is 0.276 e. The lowest BCUT2D eigenvalue weighted by Crippen LogP contribution is -2.49. The second-order valence-corrected chi connectivity index (χ2v) is 5.74. The number of aryl methyl sites for hydroxylation is 1. The molecule has 1 aromatic heterocycles. The first-order valence-electron chi connectivity index (χ1n) is 7.79. The standard InChI is InChI=1S/C16H21N5O2/c1-13-3-2-4-14(11-13)21-12-15(17-18-21)16(23)20-7-5-19(6-8-20)9-10-22/h2-4,11-12,22H,5-10H2,1H3. The van der Waals surface area contributed by atoms with Crippen LogP contribution in [0.1, 0.15) is 16.1 Å². The first-order chi connectivity index (χ1) is 11.2. The van der Waals surface area contributed by atoms with Gasteiger partial charge in [-0.05, 0) is 24.6 Å². The van der Waals surface area contributed by atoms with Crippen LogP contribution in [0, 0.1) is 6.92 Å². The number of carbonyl (C=O) groups excluding carboxylic acids is 1. The SMILES string of the molecule is Cc1cccc(-n2cc(C(=O)N3CCN(CCO)CC3)nn2)c1. The Morgan fingerprint density at radius 3 is 2.74 bits per heavy atom. The Kier molecular flexibility index (Phi) is 4.68. The Bertz CT molecular complexity index is 677. The van der Waals surface area contributed by atoms with Gasteiger partial charge in [-0.1, -0.05) is 17.3 Å². The molecule has 0 spiro atoms. The van der Waals surface area contributed by atoms with Gasteiger partial charge in [-0.2, -0.15) is 0 Å². The molecular weight excluding hydrogens is 294 g/mol. The minimum absolute atomic E-state index is 0.0902. The van der Waals surface area contributed by atoms with E-state index in [-0.39, 0.29) is 12.5 Å². The summed E-state index contributed by atoms with van der Waals surface area (Å²) in [6.45, 7) is 5.67. The summed E-state index contributed by atoms with van der Waals surface area (Å²) in [5.74, 6) is -0.0902. The first kappa shape index (κ1) is 15.6. The summed E-state index contributed by atoms with van der Waals surface area (Å²) in [5.41, 5.74) is 2.39. The third kappa shape index (κ3) is 3.57. The van der Waals surface area contributed by atoms with Crippen molar-refractivity contribution in [3.05, 3.63) is 41.7 Å². The number of nitrogens with zero attached hydrogens (tertiary/aromatic N) is 5. The van der Waals surface area contributed by atoms with Crippen molar-refractivity contribution in [1.82, 2.24) is 24.8 Å². The van der Waals surface area contributed by atoms with Crippen LogP contribution in [0.2, 0.25) is 0 Å². The lowest BCUT2D eigenvalue weighted by molar-refractivity contribution is 0.0609. The number of β-amino-alcohol motifs (C(OH)–C–C–N with tert-alkyl or cyclic N) is 1. The zero-order valence-corrected chi connectivity index (χ0v) is 13.2. The predicted octanol–water partition coefficient (Wildman–Crippen LogP) is 0.326. The molecule has 2 heterocycles. The van der Waals surface area contributed by atoms with Crippen LogP contribution in [0.25, 0.3) is 5.69 Å². The molecule has 23 heavy (non-hydrogen) atoms. The highest BCUT2D eigenvalue weighted by atomic mass is 16.3. The summed E-state index contributed by atoms with van der Waals surface area (Å²) in [6.07, 6.45) is 1.68. The van der Waals surface area contributed by atoms with E-state index in [9.17, 15) is 4.79 Å². The van der Waals surface area contributed by atoms with E-state index in [4.69, 9.17) is 5.11 Å². The van der Waals surface area contributed by atoms with Crippen LogP contribution in [0.4, 0.5) is 0 Å². The highest BCUT2D eigenvalue weighted by molar-refractivity contribution is 5.92. The summed E-state index contributed by atoms with van der Waals surface area (Å²) in [5, 5.41) is 17.0. The van der Waals surface area contributed by atoms with E-state index in [0.717, 1.165) is 24.3 Å². The second kappa shape index (κ2) is 6.89. The molecule has 0 unspecified atom stereocenters. The molecule has 2 aromatic rings. The van der Waals surface area contributed by atoms with Gasteiger partial charge in [0.05, 0.1) is 18.5 Å². The van der Waals surface area contributed by atoms with E-state index in [2.05, 4.69) is 15.2 Å². The maximum absolute atomic E-state index is 12.5. The molecule has 1 aromatic carbocycles. The predicted molar refractivity (Wildman–Crippen MR) is 85.5 cm³/mol. The Labute approximate surface area is 135 Å². The van der Waals surface area contributed by atoms with Crippen LogP contribution in [0.5, 0.6) is 0 Å². The van der Waals surface area contributed by atoms with Crippen LogP contribution in [-0.4, -0.2) is 75.1 Å². The van der Waals surface area contributed by atoms with Crippen LogP contribution >= 0.6 is 0 Å². The van der Waals surface area contributed by atoms with Gasteiger partial charge in [0.15, 0.2) is 5.69 Å². The third-order valence-corrected chi connectivity index (χ3v) is 4.05. The molecule has 0 aliphatic carbocycles. The van der Waals surface area contributed by atoms with Crippen molar-refractivity contribution >= 4 is 5.91 Å². The minimum Gasteiger partial charge on any atom is -0.395 e. The summed E-state index contributed by atoms with van der Waals surface area (Å²) in [7, 11) is 0. The molecule has 1 amide bonds. The number of piperazine rings is 1. The quantitative estimate of drug-likeness (QED) is 0.880. The van der Waals surface area contributed by atoms with Gasteiger partial charge in [-0.3, -0.25) is 9.69 Å². The summed E-state index contributed by atoms with van der Waals surface area (Å²) in [4.78, 5) is 16.5. The molecule has 1 aliphatic heterocycles. The van der Waals surface area contributed by atoms with E-state index >= 15 is 0 Å². The summed E-state index contributed by atoms with van der Waals surface area (Å²) in [6, 6.07) is 7.90. The largest absolute Gasteiger partial charge is 0.395 e. The molecule has 7 nitrogen and oxygen atoms in total. The monoisotopic (exact) mass is 315 g/mol. The van der Waals surface area contributed by atoms with Gasteiger partial charge in [0, 0.05) is 32.7 Å². The average Bonchev–Trinajstić information content (AvgIpc) is 3.05. The van der Waals surface area contributed by atoms with Crippen LogP contribution in [0.15, 0.2) is 30.5 Å². The van der Waals surface area contributed by atoms with Gasteiger partial charge < -0.3 is 10.0 Å². The number of amides is 1. The van der Waals surface area contributed by atoms with Crippen molar-refractivity contribution in [3.8, 4) is 5.69 Å². The molecule has 1 saturated heterocycles. The lowest BCUT2D eigenvalue weighted by atomic mass is 10.2. The van der Waals surface area contributed by atoms with Crippen molar-refractivity contribution in [2.75, 3.05) is 39.3 Å². The Morgan fingerprint density at radius 1 is 1.26 bits per heavy atom. The third-order valence-electron chi connectivity index (χ3n) is 4.05. The highest BCUT2D eigenvalue weighted by Gasteiger charge is 2.23. The van der Waals surface area contributed by atoms with E-state index in [1.165, 1.54) is 0 Å². The van der Waals surface area contributed by atoms with E-state index in [1.54, 1.807) is 15.8 Å². The number of aliphatic hydroxyl groups excluding tert-OH is 1. The average molecular weight is 315 g/mol. The molecule has 3 rings (SSSR count). The molecule has 1 aliphatic rings. The molecule has 7 heteroatoms. The number of rotatable bonds is 4. The van der Waals surface area contributed by atoms with Crippen molar-refractivity contribution in [1.29, 1.82) is 0 Å². The van der Waals surface area contributed by atoms with Crippen LogP contribution < -0.4 is 0 Å². The van der Waals surface area contributed by atoms with Crippen LogP contribution in [0.3, 0.4) is 0 Å². The molecule has 1 N–H and O–H groups in total. The van der Waals surface area contributed by atoms with Gasteiger partial charge in [-0.15, -0.1) is 5.10 Å². The summed E-state index contributed by atoms with van der Waals surface area (Å²) >= 11 is 0. The first-order valence-corrected chi connectivity index (χ1v) is 7.79. The van der Waals surface area contributed by atoms with Crippen LogP contribution in [-0.2, 0) is 0 Å². The number of aromatic nitrogens is 3. The topological polar surface area (TPSA) is 74.5 Å². The highest BCUT2D eigenvalue weighted by Crippen LogP contribution is 2.11. The smallest absolute Gasteiger partial charge is 0.276 e. The fourth-order valence-electron chi connectivity index (χ4n) is 2.74. The second-order valence-electron chi connectivity index (χ2n) is 5.74. The molecular formula is C16H21N5O2. The zero-order valence-electron chi connectivity index (χ0n) is 13.2. The van der Waals surface area contributed by atoms with E-state index in [0.29, 0.717) is 25.3 Å². The van der Waals surface area contributed by atoms with Crippen molar-refractivity contribution in [2.45, 2.75) is 6.92 Å². The zero-order chi connectivity index (χ0) is 16.2. The number of hydrogen-bond acceptors (Lipinski definition) is 5. The normalized spacial score (nSPS) is 15.8. The minimum atomic E-state index is -0.0902. The molecule has 122 valence electrons. The number of benzene rings is 1. The van der Waals surface area contributed by atoms with Crippen molar-refractivity contribution in [3.63, 3.8) is 0 Å². The lowest BCUT2D eigenvalue weighted by Gasteiger charge is -2.33.